The molecule has 3 heteroatoms. The second-order valence-electron chi connectivity index (χ2n) is 5.31. The fourth-order valence-electron chi connectivity index (χ4n) is 2.97. The van der Waals surface area contributed by atoms with Crippen molar-refractivity contribution < 1.29 is 5.11 Å². The fourth-order valence-corrected chi connectivity index (χ4v) is 3.28. The summed E-state index contributed by atoms with van der Waals surface area (Å²) in [6, 6.07) is 15.5. The quantitative estimate of drug-likeness (QED) is 0.739. The van der Waals surface area contributed by atoms with Gasteiger partial charge in [-0.3, -0.25) is 0 Å². The second-order valence-corrected chi connectivity index (χ2v) is 6.12. The molecule has 1 atom stereocenters. The summed E-state index contributed by atoms with van der Waals surface area (Å²) in [5.74, 6) is 0. The highest BCUT2D eigenvalue weighted by Crippen LogP contribution is 2.43. The van der Waals surface area contributed by atoms with Gasteiger partial charge in [0.1, 0.15) is 0 Å². The van der Waals surface area contributed by atoms with Crippen molar-refractivity contribution in [2.45, 2.75) is 38.2 Å². The summed E-state index contributed by atoms with van der Waals surface area (Å²) in [4.78, 5) is 0. The summed E-state index contributed by atoms with van der Waals surface area (Å²) in [6.07, 6.45) is 1.06. The van der Waals surface area contributed by atoms with E-state index in [1.807, 2.05) is 24.3 Å². The van der Waals surface area contributed by atoms with Crippen LogP contribution in [0, 0.1) is 0 Å². The molecule has 0 heterocycles. The lowest BCUT2D eigenvalue weighted by atomic mass is 9.69. The third-order valence-corrected chi connectivity index (χ3v) is 5.13. The predicted molar refractivity (Wildman–Crippen MR) is 90.1 cm³/mol. The van der Waals surface area contributed by atoms with Crippen molar-refractivity contribution in [2.75, 3.05) is 0 Å². The van der Waals surface area contributed by atoms with Crippen molar-refractivity contribution in [1.29, 1.82) is 0 Å². The smallest absolute Gasteiger partial charge is 0.0886 e. The lowest BCUT2D eigenvalue weighted by Gasteiger charge is -2.37. The van der Waals surface area contributed by atoms with Crippen LogP contribution in [0.3, 0.4) is 0 Å². The van der Waals surface area contributed by atoms with Crippen LogP contribution >= 0.6 is 23.2 Å². The Morgan fingerprint density at radius 1 is 0.952 bits per heavy atom. The molecule has 0 amide bonds. The van der Waals surface area contributed by atoms with E-state index >= 15 is 0 Å². The van der Waals surface area contributed by atoms with Gasteiger partial charge < -0.3 is 5.11 Å². The monoisotopic (exact) mass is 322 g/mol. The van der Waals surface area contributed by atoms with Crippen LogP contribution in [0.2, 0.25) is 10.0 Å². The first-order chi connectivity index (χ1) is 10.0. The Hall–Kier alpha value is -1.02. The molecular formula is C18H20Cl2O. The molecule has 0 fully saturated rings. The average Bonchev–Trinajstić information content (AvgIpc) is 2.52. The molecule has 2 rings (SSSR count). The topological polar surface area (TPSA) is 20.2 Å². The first-order valence-corrected chi connectivity index (χ1v) is 7.99. The Morgan fingerprint density at radius 3 is 2.10 bits per heavy atom. The second kappa shape index (κ2) is 6.83. The van der Waals surface area contributed by atoms with Gasteiger partial charge in [0, 0.05) is 5.41 Å². The van der Waals surface area contributed by atoms with Gasteiger partial charge in [0.15, 0.2) is 0 Å². The van der Waals surface area contributed by atoms with Gasteiger partial charge in [-0.2, -0.15) is 0 Å². The molecule has 0 aliphatic carbocycles. The minimum atomic E-state index is -0.621. The highest BCUT2D eigenvalue weighted by Gasteiger charge is 2.37. The van der Waals surface area contributed by atoms with Gasteiger partial charge in [0.05, 0.1) is 16.1 Å². The maximum atomic E-state index is 11.0. The van der Waals surface area contributed by atoms with Crippen LogP contribution in [0.25, 0.3) is 0 Å². The lowest BCUT2D eigenvalue weighted by molar-refractivity contribution is 0.0727. The van der Waals surface area contributed by atoms with Crippen LogP contribution in [-0.4, -0.2) is 5.11 Å². The zero-order valence-electron chi connectivity index (χ0n) is 12.3. The molecule has 0 aliphatic rings. The summed E-state index contributed by atoms with van der Waals surface area (Å²) in [5.41, 5.74) is 1.63. The van der Waals surface area contributed by atoms with E-state index in [-0.39, 0.29) is 5.41 Å². The van der Waals surface area contributed by atoms with Crippen LogP contribution in [0.15, 0.2) is 48.5 Å². The minimum absolute atomic E-state index is 0.321. The van der Waals surface area contributed by atoms with E-state index in [2.05, 4.69) is 26.0 Å². The van der Waals surface area contributed by atoms with Gasteiger partial charge in [-0.25, -0.2) is 0 Å². The maximum Gasteiger partial charge on any atom is 0.0886 e. The highest BCUT2D eigenvalue weighted by molar-refractivity contribution is 6.42. The SMILES string of the molecule is CCC(CC)(c1ccccc1)C(O)c1ccc(Cl)c(Cl)c1. The third-order valence-electron chi connectivity index (χ3n) is 4.39. The normalized spacial score (nSPS) is 13.2. The van der Waals surface area contributed by atoms with Crippen LogP contribution in [0.4, 0.5) is 0 Å². The van der Waals surface area contributed by atoms with Crippen molar-refractivity contribution in [3.8, 4) is 0 Å². The van der Waals surface area contributed by atoms with E-state index in [1.165, 1.54) is 0 Å². The van der Waals surface area contributed by atoms with Gasteiger partial charge in [0.25, 0.3) is 0 Å². The number of hydrogen-bond donors (Lipinski definition) is 1. The molecule has 112 valence electrons. The molecule has 0 saturated carbocycles. The van der Waals surface area contributed by atoms with E-state index < -0.39 is 6.10 Å². The Bertz CT molecular complexity index is 591. The molecule has 0 spiro atoms. The van der Waals surface area contributed by atoms with Gasteiger partial charge in [-0.15, -0.1) is 0 Å². The van der Waals surface area contributed by atoms with Crippen LogP contribution in [0.1, 0.15) is 43.9 Å². The first kappa shape index (κ1) is 16.4. The van der Waals surface area contributed by atoms with E-state index in [4.69, 9.17) is 23.2 Å². The Labute approximate surface area is 136 Å². The van der Waals surface area contributed by atoms with Gasteiger partial charge in [0.2, 0.25) is 0 Å². The van der Waals surface area contributed by atoms with Crippen molar-refractivity contribution in [3.63, 3.8) is 0 Å². The van der Waals surface area contributed by atoms with Gasteiger partial charge in [-0.05, 0) is 36.1 Å². The molecule has 0 aliphatic heterocycles. The van der Waals surface area contributed by atoms with Crippen LogP contribution in [0.5, 0.6) is 0 Å². The predicted octanol–water partition coefficient (Wildman–Crippen LogP) is 5.78. The summed E-state index contributed by atoms with van der Waals surface area (Å²) >= 11 is 12.1. The number of hydrogen-bond acceptors (Lipinski definition) is 1. The lowest BCUT2D eigenvalue weighted by Crippen LogP contribution is -2.32. The van der Waals surface area contributed by atoms with Crippen LogP contribution < -0.4 is 0 Å². The van der Waals surface area contributed by atoms with Crippen molar-refractivity contribution >= 4 is 23.2 Å². The van der Waals surface area contributed by atoms with Gasteiger partial charge in [-0.1, -0.05) is 73.4 Å². The minimum Gasteiger partial charge on any atom is -0.387 e. The molecule has 0 radical (unpaired) electrons. The van der Waals surface area contributed by atoms with E-state index in [0.717, 1.165) is 24.0 Å². The number of benzene rings is 2. The Balaban J connectivity index is 2.49. The highest BCUT2D eigenvalue weighted by atomic mass is 35.5. The number of aliphatic hydroxyl groups excluding tert-OH is 1. The van der Waals surface area contributed by atoms with E-state index in [1.54, 1.807) is 12.1 Å². The molecule has 1 N–H and O–H groups in total. The number of rotatable bonds is 5. The van der Waals surface area contributed by atoms with Crippen molar-refractivity contribution in [2.24, 2.45) is 0 Å². The van der Waals surface area contributed by atoms with Gasteiger partial charge >= 0.3 is 0 Å². The Morgan fingerprint density at radius 2 is 1.57 bits per heavy atom. The maximum absolute atomic E-state index is 11.0. The average molecular weight is 323 g/mol. The summed E-state index contributed by atoms with van der Waals surface area (Å²) in [5, 5.41) is 12.0. The fraction of sp³-hybridized carbons (Fsp3) is 0.333. The molecule has 1 nitrogen and oxygen atoms in total. The molecule has 2 aromatic rings. The summed E-state index contributed by atoms with van der Waals surface area (Å²) in [6.45, 7) is 4.22. The van der Waals surface area contributed by atoms with Crippen molar-refractivity contribution in [1.82, 2.24) is 0 Å². The van der Waals surface area contributed by atoms with E-state index in [0.29, 0.717) is 10.0 Å². The molecular weight excluding hydrogens is 303 g/mol. The van der Waals surface area contributed by atoms with Crippen molar-refractivity contribution in [3.05, 3.63) is 69.7 Å². The largest absolute Gasteiger partial charge is 0.387 e. The third kappa shape index (κ3) is 3.11. The summed E-state index contributed by atoms with van der Waals surface area (Å²) in [7, 11) is 0. The molecule has 0 saturated heterocycles. The standard InChI is InChI=1S/C18H20Cl2O/c1-3-18(4-2,14-8-6-5-7-9-14)17(21)13-10-11-15(19)16(20)12-13/h5-12,17,21H,3-4H2,1-2H3. The first-order valence-electron chi connectivity index (χ1n) is 7.23. The number of aliphatic hydroxyl groups is 1. The molecule has 0 bridgehead atoms. The molecule has 1 unspecified atom stereocenters. The van der Waals surface area contributed by atoms with Crippen LogP contribution in [-0.2, 0) is 5.41 Å². The van der Waals surface area contributed by atoms with E-state index in [9.17, 15) is 5.11 Å². The molecule has 21 heavy (non-hydrogen) atoms. The number of halogens is 2. The molecule has 2 aromatic carbocycles. The zero-order valence-corrected chi connectivity index (χ0v) is 13.8. The zero-order chi connectivity index (χ0) is 15.5. The summed E-state index contributed by atoms with van der Waals surface area (Å²) < 4.78 is 0. The Kier molecular flexibility index (Phi) is 5.32. The molecule has 0 aromatic heterocycles.